The van der Waals surface area contributed by atoms with Gasteiger partial charge in [0.2, 0.25) is 0 Å². The van der Waals surface area contributed by atoms with E-state index in [0.717, 1.165) is 16.8 Å². The third-order valence-corrected chi connectivity index (χ3v) is 5.87. The lowest BCUT2D eigenvalue weighted by molar-refractivity contribution is -0.133. The zero-order chi connectivity index (χ0) is 23.7. The molecule has 1 aliphatic rings. The van der Waals surface area contributed by atoms with Crippen LogP contribution in [0.1, 0.15) is 23.6 Å². The minimum absolute atomic E-state index is 0.239. The second kappa shape index (κ2) is 8.90. The summed E-state index contributed by atoms with van der Waals surface area (Å²) in [6.45, 7) is -0.239. The molecule has 1 aliphatic heterocycles. The fourth-order valence-corrected chi connectivity index (χ4v) is 4.09. The predicted molar refractivity (Wildman–Crippen MR) is 126 cm³/mol. The van der Waals surface area contributed by atoms with Crippen LogP contribution >= 0.6 is 0 Å². The lowest BCUT2D eigenvalue weighted by Gasteiger charge is -2.22. The molecule has 0 N–H and O–H groups in total. The number of hydrazone groups is 1. The quantitative estimate of drug-likeness (QED) is 0.456. The van der Waals surface area contributed by atoms with Crippen molar-refractivity contribution in [1.82, 2.24) is 14.6 Å². The van der Waals surface area contributed by atoms with Crippen LogP contribution in [0.25, 0.3) is 10.9 Å². The minimum Gasteiger partial charge on any atom is -0.497 e. The Balaban J connectivity index is 1.48. The summed E-state index contributed by atoms with van der Waals surface area (Å²) in [5, 5.41) is 6.33. The summed E-state index contributed by atoms with van der Waals surface area (Å²) < 4.78 is 20.0. The molecular weight excluding hydrogens is 435 g/mol. The summed E-state index contributed by atoms with van der Waals surface area (Å²) >= 11 is 0. The van der Waals surface area contributed by atoms with Crippen LogP contribution in [0.4, 0.5) is 4.39 Å². The molecule has 0 saturated heterocycles. The van der Waals surface area contributed by atoms with Crippen molar-refractivity contribution in [2.75, 3.05) is 7.11 Å². The van der Waals surface area contributed by atoms with Crippen molar-refractivity contribution in [2.24, 2.45) is 5.10 Å². The highest BCUT2D eigenvalue weighted by atomic mass is 19.1. The monoisotopic (exact) mass is 456 g/mol. The first-order chi connectivity index (χ1) is 16.5. The Kier molecular flexibility index (Phi) is 5.63. The molecule has 5 rings (SSSR count). The summed E-state index contributed by atoms with van der Waals surface area (Å²) in [5.41, 5.74) is 2.46. The molecule has 7 nitrogen and oxygen atoms in total. The van der Waals surface area contributed by atoms with Gasteiger partial charge in [0.05, 0.1) is 36.1 Å². The molecule has 0 saturated carbocycles. The van der Waals surface area contributed by atoms with Crippen molar-refractivity contribution in [1.29, 1.82) is 0 Å². The molecule has 1 aromatic heterocycles. The Bertz CT molecular complexity index is 1450. The van der Waals surface area contributed by atoms with Crippen LogP contribution in [0.15, 0.2) is 89.0 Å². The average Bonchev–Trinajstić information content (AvgIpc) is 3.32. The zero-order valence-corrected chi connectivity index (χ0v) is 18.4. The van der Waals surface area contributed by atoms with E-state index >= 15 is 0 Å². The Morgan fingerprint density at radius 3 is 2.59 bits per heavy atom. The zero-order valence-electron chi connectivity index (χ0n) is 18.4. The van der Waals surface area contributed by atoms with Gasteiger partial charge >= 0.3 is 0 Å². The Morgan fingerprint density at radius 1 is 1.09 bits per heavy atom. The fourth-order valence-electron chi connectivity index (χ4n) is 4.09. The molecule has 8 heteroatoms. The molecule has 170 valence electrons. The number of benzene rings is 3. The van der Waals surface area contributed by atoms with E-state index in [4.69, 9.17) is 4.74 Å². The molecule has 0 aliphatic carbocycles. The van der Waals surface area contributed by atoms with E-state index in [9.17, 15) is 14.0 Å². The molecule has 0 bridgehead atoms. The number of carbonyl (C=O) groups is 1. The number of hydrogen-bond donors (Lipinski definition) is 0. The van der Waals surface area contributed by atoms with Crippen molar-refractivity contribution in [2.45, 2.75) is 19.0 Å². The van der Waals surface area contributed by atoms with E-state index < -0.39 is 11.4 Å². The molecule has 0 unspecified atom stereocenters. The van der Waals surface area contributed by atoms with Gasteiger partial charge in [-0.05, 0) is 35.4 Å². The van der Waals surface area contributed by atoms with Gasteiger partial charge in [0.15, 0.2) is 0 Å². The first-order valence-corrected chi connectivity index (χ1v) is 10.8. The maximum absolute atomic E-state index is 13.5. The topological polar surface area (TPSA) is 76.8 Å². The van der Waals surface area contributed by atoms with Crippen LogP contribution in [-0.4, -0.2) is 33.3 Å². The number of rotatable bonds is 5. The van der Waals surface area contributed by atoms with Gasteiger partial charge in [-0.1, -0.05) is 42.5 Å². The maximum atomic E-state index is 13.5. The van der Waals surface area contributed by atoms with Crippen LogP contribution in [0, 0.1) is 5.82 Å². The highest BCUT2D eigenvalue weighted by Crippen LogP contribution is 2.33. The lowest BCUT2D eigenvalue weighted by Crippen LogP contribution is -2.34. The van der Waals surface area contributed by atoms with E-state index in [1.54, 1.807) is 7.11 Å². The molecule has 0 radical (unpaired) electrons. The van der Waals surface area contributed by atoms with Crippen molar-refractivity contribution >= 4 is 22.5 Å². The number of aromatic nitrogens is 2. The van der Waals surface area contributed by atoms with Gasteiger partial charge in [-0.15, -0.1) is 0 Å². The summed E-state index contributed by atoms with van der Waals surface area (Å²) in [5.74, 6) is -0.110. The summed E-state index contributed by atoms with van der Waals surface area (Å²) in [6.07, 6.45) is 1.80. The summed E-state index contributed by atoms with van der Waals surface area (Å²) in [4.78, 5) is 30.4. The number of methoxy groups -OCH3 is 1. The third kappa shape index (κ3) is 4.05. The normalized spacial score (nSPS) is 15.4. The summed E-state index contributed by atoms with van der Waals surface area (Å²) in [7, 11) is 1.60. The first kappa shape index (κ1) is 21.5. The van der Waals surface area contributed by atoms with Crippen molar-refractivity contribution in [3.05, 3.63) is 106 Å². The molecule has 3 aromatic carbocycles. The molecule has 1 atom stereocenters. The smallest absolute Gasteiger partial charge is 0.263 e. The van der Waals surface area contributed by atoms with Crippen molar-refractivity contribution in [3.8, 4) is 5.75 Å². The van der Waals surface area contributed by atoms with E-state index in [1.807, 2.05) is 54.6 Å². The Labute approximate surface area is 194 Å². The van der Waals surface area contributed by atoms with Crippen LogP contribution in [0.5, 0.6) is 5.75 Å². The van der Waals surface area contributed by atoms with Gasteiger partial charge in [0, 0.05) is 12.5 Å². The summed E-state index contributed by atoms with van der Waals surface area (Å²) in [6, 6.07) is 20.6. The number of fused-ring (bicyclic) bond motifs is 1. The Morgan fingerprint density at radius 2 is 1.85 bits per heavy atom. The molecule has 34 heavy (non-hydrogen) atoms. The predicted octanol–water partition coefficient (Wildman–Crippen LogP) is 3.92. The van der Waals surface area contributed by atoms with Gasteiger partial charge in [-0.3, -0.25) is 14.2 Å². The highest BCUT2D eigenvalue weighted by Gasteiger charge is 2.33. The number of carbonyl (C=O) groups excluding carboxylic acids is 1. The highest BCUT2D eigenvalue weighted by molar-refractivity contribution is 6.03. The standard InChI is InChI=1S/C26H21FN4O3/c1-34-20-10-7-18(8-11-20)24-14-22(17-5-3-2-4-6-17)29-31(24)25(32)15-30-16-28-23-13-19(27)9-12-21(23)26(30)33/h2-13,16,24H,14-15H2,1H3/t24-/m0/s1. The number of halogens is 1. The molecule has 4 aromatic rings. The minimum atomic E-state index is -0.476. The Hall–Kier alpha value is -4.33. The second-order valence-electron chi connectivity index (χ2n) is 7.98. The van der Waals surface area contributed by atoms with Crippen LogP contribution < -0.4 is 10.3 Å². The van der Waals surface area contributed by atoms with Gasteiger partial charge < -0.3 is 4.74 Å². The van der Waals surface area contributed by atoms with E-state index in [1.165, 1.54) is 34.1 Å². The van der Waals surface area contributed by atoms with E-state index in [-0.39, 0.29) is 29.4 Å². The first-order valence-electron chi connectivity index (χ1n) is 10.8. The van der Waals surface area contributed by atoms with Gasteiger partial charge in [-0.25, -0.2) is 14.4 Å². The van der Waals surface area contributed by atoms with Crippen LogP contribution in [-0.2, 0) is 11.3 Å². The number of nitrogens with zero attached hydrogens (tertiary/aromatic N) is 4. The lowest BCUT2D eigenvalue weighted by atomic mass is 9.98. The van der Waals surface area contributed by atoms with Gasteiger partial charge in [0.1, 0.15) is 18.1 Å². The number of amides is 1. The number of hydrogen-bond acceptors (Lipinski definition) is 5. The van der Waals surface area contributed by atoms with Crippen LogP contribution in [0.2, 0.25) is 0 Å². The van der Waals surface area contributed by atoms with Crippen molar-refractivity contribution in [3.63, 3.8) is 0 Å². The van der Waals surface area contributed by atoms with Gasteiger partial charge in [-0.2, -0.15) is 5.10 Å². The van der Waals surface area contributed by atoms with Crippen molar-refractivity contribution < 1.29 is 13.9 Å². The van der Waals surface area contributed by atoms with Crippen LogP contribution in [0.3, 0.4) is 0 Å². The molecule has 2 heterocycles. The molecule has 1 amide bonds. The largest absolute Gasteiger partial charge is 0.497 e. The SMILES string of the molecule is COc1ccc([C@@H]2CC(c3ccccc3)=NN2C(=O)Cn2cnc3cc(F)ccc3c2=O)cc1. The van der Waals surface area contributed by atoms with Gasteiger partial charge in [0.25, 0.3) is 11.5 Å². The third-order valence-electron chi connectivity index (χ3n) is 5.87. The molecule has 0 spiro atoms. The second-order valence-corrected chi connectivity index (χ2v) is 7.98. The number of ether oxygens (including phenoxy) is 1. The van der Waals surface area contributed by atoms with E-state index in [0.29, 0.717) is 12.2 Å². The fraction of sp³-hybridized carbons (Fsp3) is 0.154. The molecule has 0 fully saturated rings. The van der Waals surface area contributed by atoms with E-state index in [2.05, 4.69) is 10.1 Å². The average molecular weight is 456 g/mol. The maximum Gasteiger partial charge on any atom is 0.263 e. The molecular formula is C26H21FN4O3.